The van der Waals surface area contributed by atoms with Crippen LogP contribution < -0.4 is 4.74 Å². The van der Waals surface area contributed by atoms with Crippen molar-refractivity contribution in [2.75, 3.05) is 7.11 Å². The molecule has 0 aliphatic carbocycles. The predicted molar refractivity (Wildman–Crippen MR) is 110 cm³/mol. The van der Waals surface area contributed by atoms with E-state index < -0.39 is 0 Å². The second kappa shape index (κ2) is 9.20. The third-order valence-corrected chi connectivity index (χ3v) is 6.49. The summed E-state index contributed by atoms with van der Waals surface area (Å²) in [5.41, 5.74) is 1.05. The molecule has 1 heterocycles. The molecule has 0 bridgehead atoms. The van der Waals surface area contributed by atoms with Crippen LogP contribution in [-0.4, -0.2) is 17.1 Å². The Kier molecular flexibility index (Phi) is 6.95. The van der Waals surface area contributed by atoms with Crippen molar-refractivity contribution in [3.05, 3.63) is 69.3 Å². The molecule has 134 valence electrons. The summed E-state index contributed by atoms with van der Waals surface area (Å²) >= 11 is 21.2. The van der Waals surface area contributed by atoms with Gasteiger partial charge in [0.05, 0.1) is 28.4 Å². The van der Waals surface area contributed by atoms with E-state index in [2.05, 4.69) is 9.97 Å². The minimum atomic E-state index is 0.537. The standard InChI is InChI=1S/C18H13Cl3N2OS2/c1-24-15-9-22-18(25-10-11-6-7-12(19)14(21)8-11)23-17(15)26-16-5-3-2-4-13(16)20/h2-9H,10H2,1H3. The van der Waals surface area contributed by atoms with Crippen LogP contribution in [0, 0.1) is 0 Å². The first kappa shape index (κ1) is 19.6. The molecule has 0 N–H and O–H groups in total. The summed E-state index contributed by atoms with van der Waals surface area (Å²) in [6, 6.07) is 13.2. The van der Waals surface area contributed by atoms with E-state index in [0.717, 1.165) is 10.5 Å². The van der Waals surface area contributed by atoms with Gasteiger partial charge in [0.25, 0.3) is 0 Å². The maximum absolute atomic E-state index is 6.24. The van der Waals surface area contributed by atoms with Crippen LogP contribution in [-0.2, 0) is 5.75 Å². The summed E-state index contributed by atoms with van der Waals surface area (Å²) in [6.07, 6.45) is 1.67. The van der Waals surface area contributed by atoms with Crippen LogP contribution >= 0.6 is 58.3 Å². The molecule has 2 aromatic carbocycles. The molecular weight excluding hydrogens is 431 g/mol. The number of ether oxygens (including phenoxy) is 1. The molecule has 0 saturated carbocycles. The van der Waals surface area contributed by atoms with Crippen molar-refractivity contribution < 1.29 is 4.74 Å². The Hall–Kier alpha value is -1.11. The van der Waals surface area contributed by atoms with Gasteiger partial charge >= 0.3 is 0 Å². The minimum absolute atomic E-state index is 0.537. The topological polar surface area (TPSA) is 35.0 Å². The molecule has 0 unspecified atom stereocenters. The van der Waals surface area contributed by atoms with Gasteiger partial charge in [0.15, 0.2) is 10.9 Å². The largest absolute Gasteiger partial charge is 0.492 e. The number of thioether (sulfide) groups is 1. The van der Waals surface area contributed by atoms with Gasteiger partial charge in [-0.05, 0) is 29.8 Å². The first-order valence-corrected chi connectivity index (χ1v) is 10.4. The lowest BCUT2D eigenvalue weighted by Gasteiger charge is -2.09. The molecule has 3 nitrogen and oxygen atoms in total. The van der Waals surface area contributed by atoms with Crippen LogP contribution in [0.25, 0.3) is 0 Å². The van der Waals surface area contributed by atoms with E-state index in [9.17, 15) is 0 Å². The molecule has 0 saturated heterocycles. The molecule has 26 heavy (non-hydrogen) atoms. The molecule has 3 aromatic rings. The summed E-state index contributed by atoms with van der Waals surface area (Å²) in [4.78, 5) is 9.87. The molecule has 0 atom stereocenters. The van der Waals surface area contributed by atoms with Gasteiger partial charge in [-0.15, -0.1) is 0 Å². The summed E-state index contributed by atoms with van der Waals surface area (Å²) in [6.45, 7) is 0. The number of nitrogens with zero attached hydrogens (tertiary/aromatic N) is 2. The van der Waals surface area contributed by atoms with Gasteiger partial charge in [0, 0.05) is 10.6 Å². The van der Waals surface area contributed by atoms with Gasteiger partial charge in [-0.2, -0.15) is 0 Å². The van der Waals surface area contributed by atoms with E-state index in [1.165, 1.54) is 23.5 Å². The predicted octanol–water partition coefficient (Wildman–Crippen LogP) is 6.89. The van der Waals surface area contributed by atoms with E-state index in [0.29, 0.717) is 36.8 Å². The summed E-state index contributed by atoms with van der Waals surface area (Å²) in [7, 11) is 1.60. The lowest BCUT2D eigenvalue weighted by Crippen LogP contribution is -1.95. The Morgan fingerprint density at radius 3 is 2.54 bits per heavy atom. The zero-order chi connectivity index (χ0) is 18.5. The number of hydrogen-bond donors (Lipinski definition) is 0. The van der Waals surface area contributed by atoms with Crippen molar-refractivity contribution in [1.29, 1.82) is 0 Å². The van der Waals surface area contributed by atoms with Crippen molar-refractivity contribution in [3.8, 4) is 5.75 Å². The Balaban J connectivity index is 1.78. The molecule has 0 aliphatic rings. The Morgan fingerprint density at radius 1 is 1.00 bits per heavy atom. The number of benzene rings is 2. The van der Waals surface area contributed by atoms with Crippen LogP contribution in [0.5, 0.6) is 5.75 Å². The molecule has 8 heteroatoms. The highest BCUT2D eigenvalue weighted by Gasteiger charge is 2.12. The third kappa shape index (κ3) is 4.99. The van der Waals surface area contributed by atoms with Gasteiger partial charge in [0.1, 0.15) is 5.03 Å². The molecule has 0 radical (unpaired) electrons. The number of aromatic nitrogens is 2. The average molecular weight is 444 g/mol. The monoisotopic (exact) mass is 442 g/mol. The maximum Gasteiger partial charge on any atom is 0.189 e. The number of hydrogen-bond acceptors (Lipinski definition) is 5. The zero-order valence-electron chi connectivity index (χ0n) is 13.6. The van der Waals surface area contributed by atoms with Gasteiger partial charge in [-0.3, -0.25) is 0 Å². The molecular formula is C18H13Cl3N2OS2. The summed E-state index contributed by atoms with van der Waals surface area (Å²) in [5, 5.41) is 3.11. The van der Waals surface area contributed by atoms with Crippen LogP contribution in [0.1, 0.15) is 5.56 Å². The highest BCUT2D eigenvalue weighted by molar-refractivity contribution is 7.99. The SMILES string of the molecule is COc1cnc(SCc2ccc(Cl)c(Cl)c2)nc1Sc1ccccc1Cl. The van der Waals surface area contributed by atoms with Crippen molar-refractivity contribution in [2.45, 2.75) is 20.8 Å². The van der Waals surface area contributed by atoms with Crippen LogP contribution in [0.2, 0.25) is 15.1 Å². The first-order valence-electron chi connectivity index (χ1n) is 7.47. The van der Waals surface area contributed by atoms with E-state index in [1.54, 1.807) is 19.4 Å². The molecule has 0 spiro atoms. The van der Waals surface area contributed by atoms with Crippen molar-refractivity contribution >= 4 is 58.3 Å². The third-order valence-electron chi connectivity index (χ3n) is 3.32. The molecule has 0 fully saturated rings. The molecule has 3 rings (SSSR count). The fraction of sp³-hybridized carbons (Fsp3) is 0.111. The van der Waals surface area contributed by atoms with Gasteiger partial charge in [0.2, 0.25) is 0 Å². The molecule has 0 aliphatic heterocycles. The fourth-order valence-corrected chi connectivity index (χ4v) is 4.31. The number of rotatable bonds is 6. The highest BCUT2D eigenvalue weighted by atomic mass is 35.5. The average Bonchev–Trinajstić information content (AvgIpc) is 2.65. The van der Waals surface area contributed by atoms with E-state index in [1.807, 2.05) is 36.4 Å². The number of methoxy groups -OCH3 is 1. The fourth-order valence-electron chi connectivity index (χ4n) is 2.03. The Bertz CT molecular complexity index is 925. The second-order valence-electron chi connectivity index (χ2n) is 5.10. The molecule has 1 aromatic heterocycles. The van der Waals surface area contributed by atoms with Crippen LogP contribution in [0.4, 0.5) is 0 Å². The van der Waals surface area contributed by atoms with Crippen molar-refractivity contribution in [2.24, 2.45) is 0 Å². The smallest absolute Gasteiger partial charge is 0.189 e. The second-order valence-corrected chi connectivity index (χ2v) is 8.29. The van der Waals surface area contributed by atoms with Gasteiger partial charge in [-0.1, -0.05) is 76.5 Å². The Morgan fingerprint density at radius 2 is 1.81 bits per heavy atom. The van der Waals surface area contributed by atoms with Crippen LogP contribution in [0.15, 0.2) is 63.7 Å². The quantitative estimate of drug-likeness (QED) is 0.235. The first-order chi connectivity index (χ1) is 12.6. The zero-order valence-corrected chi connectivity index (χ0v) is 17.5. The van der Waals surface area contributed by atoms with Crippen molar-refractivity contribution in [3.63, 3.8) is 0 Å². The van der Waals surface area contributed by atoms with E-state index in [4.69, 9.17) is 39.5 Å². The highest BCUT2D eigenvalue weighted by Crippen LogP contribution is 2.37. The van der Waals surface area contributed by atoms with E-state index >= 15 is 0 Å². The normalized spacial score (nSPS) is 10.8. The lowest BCUT2D eigenvalue weighted by atomic mass is 10.2. The minimum Gasteiger partial charge on any atom is -0.492 e. The summed E-state index contributed by atoms with van der Waals surface area (Å²) < 4.78 is 5.37. The Labute approximate surface area is 175 Å². The lowest BCUT2D eigenvalue weighted by molar-refractivity contribution is 0.395. The van der Waals surface area contributed by atoms with Crippen LogP contribution in [0.3, 0.4) is 0 Å². The summed E-state index contributed by atoms with van der Waals surface area (Å²) in [5.74, 6) is 1.29. The van der Waals surface area contributed by atoms with Crippen molar-refractivity contribution in [1.82, 2.24) is 9.97 Å². The van der Waals surface area contributed by atoms with E-state index in [-0.39, 0.29) is 0 Å². The van der Waals surface area contributed by atoms with Gasteiger partial charge in [-0.25, -0.2) is 9.97 Å². The number of halogens is 3. The maximum atomic E-state index is 6.24. The molecule has 0 amide bonds. The van der Waals surface area contributed by atoms with Gasteiger partial charge < -0.3 is 4.74 Å².